The van der Waals surface area contributed by atoms with E-state index in [2.05, 4.69) is 29.8 Å². The van der Waals surface area contributed by atoms with Gasteiger partial charge in [-0.3, -0.25) is 5.10 Å². The summed E-state index contributed by atoms with van der Waals surface area (Å²) in [5.74, 6) is -0.318. The van der Waals surface area contributed by atoms with Gasteiger partial charge in [-0.15, -0.1) is 5.10 Å². The van der Waals surface area contributed by atoms with Crippen molar-refractivity contribution in [3.05, 3.63) is 11.6 Å². The fourth-order valence-electron chi connectivity index (χ4n) is 1.27. The van der Waals surface area contributed by atoms with E-state index in [0.717, 1.165) is 10.9 Å². The first-order valence-corrected chi connectivity index (χ1v) is 7.14. The Bertz CT molecular complexity index is 242. The number of aromatic amines is 1. The van der Waals surface area contributed by atoms with Crippen molar-refractivity contribution in [1.82, 2.24) is 10.2 Å². The molecular weight excluding hydrogens is 159 g/mol. The number of rotatable bonds is 1. The minimum atomic E-state index is -1.54. The molecule has 1 aromatic rings. The number of H-pyrrole nitrogens is 1. The van der Waals surface area contributed by atoms with E-state index in [4.69, 9.17) is 0 Å². The molecule has 0 saturated heterocycles. The smallest absolute Gasteiger partial charge is 0.231 e. The minimum absolute atomic E-state index is 0.318. The van der Waals surface area contributed by atoms with Crippen molar-refractivity contribution in [2.45, 2.75) is 26.6 Å². The van der Waals surface area contributed by atoms with Crippen LogP contribution in [0.1, 0.15) is 5.69 Å². The third-order valence-corrected chi connectivity index (χ3v) is 3.73. The first kappa shape index (κ1) is 8.45. The van der Waals surface area contributed by atoms with E-state index in [9.17, 15) is 4.39 Å². The fraction of sp³-hybridized carbons (Fsp3) is 0.571. The monoisotopic (exact) mass is 172 g/mol. The van der Waals surface area contributed by atoms with Gasteiger partial charge in [0.25, 0.3) is 0 Å². The normalized spacial score (nSPS) is 12.1. The largest absolute Gasteiger partial charge is 0.280 e. The van der Waals surface area contributed by atoms with Crippen molar-refractivity contribution in [2.75, 3.05) is 0 Å². The standard InChI is InChI=1S/C7H13FN2Si/c1-5-6(11(2,3)4)7(8)10-9-5/h1-4H3,(H,9,10). The van der Waals surface area contributed by atoms with Crippen molar-refractivity contribution in [3.8, 4) is 0 Å². The summed E-state index contributed by atoms with van der Waals surface area (Å²) in [6, 6.07) is 0. The molecule has 1 rings (SSSR count). The van der Waals surface area contributed by atoms with Crippen LogP contribution in [0.2, 0.25) is 19.6 Å². The summed E-state index contributed by atoms with van der Waals surface area (Å²) in [5, 5.41) is 7.00. The molecule has 1 heterocycles. The van der Waals surface area contributed by atoms with E-state index in [1.165, 1.54) is 0 Å². The van der Waals surface area contributed by atoms with Crippen LogP contribution < -0.4 is 5.19 Å². The van der Waals surface area contributed by atoms with Crippen molar-refractivity contribution in [2.24, 2.45) is 0 Å². The van der Waals surface area contributed by atoms with Crippen LogP contribution in [0.15, 0.2) is 0 Å². The lowest BCUT2D eigenvalue weighted by Crippen LogP contribution is -2.40. The molecule has 62 valence electrons. The SMILES string of the molecule is Cc1[nH]nc(F)c1[Si](C)(C)C. The molecule has 0 fully saturated rings. The van der Waals surface area contributed by atoms with E-state index in [1.807, 2.05) is 6.92 Å². The van der Waals surface area contributed by atoms with Gasteiger partial charge in [0.15, 0.2) is 0 Å². The molecule has 4 heteroatoms. The van der Waals surface area contributed by atoms with Gasteiger partial charge in [-0.1, -0.05) is 19.6 Å². The lowest BCUT2D eigenvalue weighted by atomic mass is 10.5. The summed E-state index contributed by atoms with van der Waals surface area (Å²) in [7, 11) is -1.54. The highest BCUT2D eigenvalue weighted by atomic mass is 28.3. The van der Waals surface area contributed by atoms with E-state index in [0.29, 0.717) is 0 Å². The number of hydrogen-bond donors (Lipinski definition) is 1. The van der Waals surface area contributed by atoms with E-state index in [1.54, 1.807) is 0 Å². The maximum atomic E-state index is 13.0. The van der Waals surface area contributed by atoms with Crippen LogP contribution in [-0.2, 0) is 0 Å². The Morgan fingerprint density at radius 1 is 1.36 bits per heavy atom. The maximum Gasteiger partial charge on any atom is 0.231 e. The first-order valence-electron chi connectivity index (χ1n) is 3.64. The quantitative estimate of drug-likeness (QED) is 0.637. The first-order chi connectivity index (χ1) is 4.93. The molecule has 0 radical (unpaired) electrons. The lowest BCUT2D eigenvalue weighted by Gasteiger charge is -2.14. The molecule has 0 spiro atoms. The molecule has 0 aliphatic rings. The lowest BCUT2D eigenvalue weighted by molar-refractivity contribution is 0.585. The molecule has 0 atom stereocenters. The number of aryl methyl sites for hydroxylation is 1. The maximum absolute atomic E-state index is 13.0. The second-order valence-electron chi connectivity index (χ2n) is 3.76. The molecule has 0 amide bonds. The molecule has 0 bridgehead atoms. The summed E-state index contributed by atoms with van der Waals surface area (Å²) in [4.78, 5) is 0. The molecule has 11 heavy (non-hydrogen) atoms. The van der Waals surface area contributed by atoms with Crippen molar-refractivity contribution in [1.29, 1.82) is 0 Å². The average Bonchev–Trinajstić information content (AvgIpc) is 2.08. The van der Waals surface area contributed by atoms with Gasteiger partial charge < -0.3 is 0 Å². The van der Waals surface area contributed by atoms with Gasteiger partial charge in [0.2, 0.25) is 5.95 Å². The summed E-state index contributed by atoms with van der Waals surface area (Å²) in [6.45, 7) is 8.18. The van der Waals surface area contributed by atoms with Gasteiger partial charge in [0, 0.05) is 10.9 Å². The van der Waals surface area contributed by atoms with Crippen LogP contribution in [0.3, 0.4) is 0 Å². The van der Waals surface area contributed by atoms with Gasteiger partial charge in [0.1, 0.15) is 0 Å². The Hall–Kier alpha value is -0.643. The van der Waals surface area contributed by atoms with Gasteiger partial charge >= 0.3 is 0 Å². The van der Waals surface area contributed by atoms with Crippen molar-refractivity contribution >= 4 is 13.3 Å². The highest BCUT2D eigenvalue weighted by Gasteiger charge is 2.25. The Labute approximate surface area is 66.8 Å². The Balaban J connectivity index is 3.21. The molecule has 0 unspecified atom stereocenters. The molecule has 2 nitrogen and oxygen atoms in total. The number of aromatic nitrogens is 2. The zero-order chi connectivity index (χ0) is 8.65. The van der Waals surface area contributed by atoms with Gasteiger partial charge in [-0.25, -0.2) is 0 Å². The summed E-state index contributed by atoms with van der Waals surface area (Å²) < 4.78 is 13.0. The molecular formula is C7H13FN2Si. The number of nitrogens with one attached hydrogen (secondary N) is 1. The van der Waals surface area contributed by atoms with Crippen LogP contribution in [0.5, 0.6) is 0 Å². The third kappa shape index (κ3) is 1.50. The molecule has 1 aromatic heterocycles. The zero-order valence-corrected chi connectivity index (χ0v) is 8.33. The summed E-state index contributed by atoms with van der Waals surface area (Å²) >= 11 is 0. The second kappa shape index (κ2) is 2.44. The van der Waals surface area contributed by atoms with Gasteiger partial charge in [-0.05, 0) is 6.92 Å². The van der Waals surface area contributed by atoms with Crippen LogP contribution in [0.4, 0.5) is 4.39 Å². The Kier molecular flexibility index (Phi) is 1.88. The molecule has 0 aromatic carbocycles. The molecule has 0 saturated carbocycles. The van der Waals surface area contributed by atoms with Gasteiger partial charge in [-0.2, -0.15) is 4.39 Å². The average molecular weight is 172 g/mol. The number of nitrogens with zero attached hydrogens (tertiary/aromatic N) is 1. The summed E-state index contributed by atoms with van der Waals surface area (Å²) in [6.07, 6.45) is 0. The van der Waals surface area contributed by atoms with Crippen LogP contribution in [0.25, 0.3) is 0 Å². The van der Waals surface area contributed by atoms with Crippen LogP contribution >= 0.6 is 0 Å². The second-order valence-corrected chi connectivity index (χ2v) is 8.76. The third-order valence-electron chi connectivity index (χ3n) is 1.65. The predicted molar refractivity (Wildman–Crippen MR) is 46.3 cm³/mol. The summed E-state index contributed by atoms with van der Waals surface area (Å²) in [5.41, 5.74) is 0.877. The van der Waals surface area contributed by atoms with E-state index < -0.39 is 8.07 Å². The highest BCUT2D eigenvalue weighted by molar-refractivity contribution is 6.89. The molecule has 0 aliphatic carbocycles. The minimum Gasteiger partial charge on any atom is -0.280 e. The molecule has 1 N–H and O–H groups in total. The van der Waals surface area contributed by atoms with Crippen LogP contribution in [0, 0.1) is 12.9 Å². The van der Waals surface area contributed by atoms with Gasteiger partial charge in [0.05, 0.1) is 8.07 Å². The Morgan fingerprint density at radius 2 is 1.91 bits per heavy atom. The van der Waals surface area contributed by atoms with Crippen molar-refractivity contribution < 1.29 is 4.39 Å². The Morgan fingerprint density at radius 3 is 2.09 bits per heavy atom. The van der Waals surface area contributed by atoms with Crippen LogP contribution in [-0.4, -0.2) is 18.3 Å². The van der Waals surface area contributed by atoms with E-state index in [-0.39, 0.29) is 5.95 Å². The number of halogens is 1. The predicted octanol–water partition coefficient (Wildman–Crippen LogP) is 1.40. The van der Waals surface area contributed by atoms with Crippen molar-refractivity contribution in [3.63, 3.8) is 0 Å². The fourth-order valence-corrected chi connectivity index (χ4v) is 3.13. The number of hydrogen-bond acceptors (Lipinski definition) is 1. The zero-order valence-electron chi connectivity index (χ0n) is 7.33. The molecule has 0 aliphatic heterocycles. The topological polar surface area (TPSA) is 28.7 Å². The highest BCUT2D eigenvalue weighted by Crippen LogP contribution is 2.06. The van der Waals surface area contributed by atoms with E-state index >= 15 is 0 Å².